The number of hydrogen-bond donors (Lipinski definition) is 0. The normalized spacial score (nSPS) is 14.3. The number of rotatable bonds is 7. The Kier molecular flexibility index (Phi) is 6.86. The van der Waals surface area contributed by atoms with Gasteiger partial charge >= 0.3 is 11.9 Å². The SMILES string of the molecule is Cc1ccc(S(=O)(=O)N2CC=C(C(C)(OC(=O)c3ccccc3)OC(=O)c3ccccc3)C2)cc1. The Morgan fingerprint density at radius 2 is 1.29 bits per heavy atom. The van der Waals surface area contributed by atoms with Crippen LogP contribution in [0.1, 0.15) is 33.2 Å². The molecule has 1 aliphatic heterocycles. The molecule has 0 aliphatic carbocycles. The fourth-order valence-corrected chi connectivity index (χ4v) is 5.03. The van der Waals surface area contributed by atoms with Crippen molar-refractivity contribution in [1.29, 1.82) is 0 Å². The summed E-state index contributed by atoms with van der Waals surface area (Å²) in [6.45, 7) is 3.27. The third-order valence-electron chi connectivity index (χ3n) is 5.72. The van der Waals surface area contributed by atoms with Crippen molar-refractivity contribution in [2.75, 3.05) is 13.1 Å². The Morgan fingerprint density at radius 1 is 0.800 bits per heavy atom. The standard InChI is InChI=1S/C27H25NO6S/c1-20-13-15-24(16-14-20)35(31,32)28-18-17-23(19-28)27(2,33-25(29)21-9-5-3-6-10-21)34-26(30)22-11-7-4-8-12-22/h3-17H,18-19H2,1-2H3. The molecule has 1 heterocycles. The molecular formula is C27H25NO6S. The third kappa shape index (κ3) is 5.34. The van der Waals surface area contributed by atoms with Crippen LogP contribution in [0.15, 0.2) is 101 Å². The summed E-state index contributed by atoms with van der Waals surface area (Å²) in [7, 11) is -3.81. The topological polar surface area (TPSA) is 90.0 Å². The van der Waals surface area contributed by atoms with E-state index in [1.54, 1.807) is 91.0 Å². The van der Waals surface area contributed by atoms with Gasteiger partial charge in [-0.1, -0.05) is 60.2 Å². The van der Waals surface area contributed by atoms with Crippen molar-refractivity contribution in [2.24, 2.45) is 0 Å². The summed E-state index contributed by atoms with van der Waals surface area (Å²) in [4.78, 5) is 25.9. The highest BCUT2D eigenvalue weighted by atomic mass is 32.2. The van der Waals surface area contributed by atoms with Crippen LogP contribution in [-0.2, 0) is 19.5 Å². The first-order valence-corrected chi connectivity index (χ1v) is 12.5. The molecule has 180 valence electrons. The Hall–Kier alpha value is -3.75. The second-order valence-corrected chi connectivity index (χ2v) is 10.2. The number of nitrogens with zero attached hydrogens (tertiary/aromatic N) is 1. The van der Waals surface area contributed by atoms with E-state index in [2.05, 4.69) is 0 Å². The van der Waals surface area contributed by atoms with Gasteiger partial charge in [-0.05, 0) is 43.3 Å². The monoisotopic (exact) mass is 491 g/mol. The van der Waals surface area contributed by atoms with Gasteiger partial charge < -0.3 is 9.47 Å². The largest absolute Gasteiger partial charge is 0.415 e. The highest BCUT2D eigenvalue weighted by molar-refractivity contribution is 7.89. The lowest BCUT2D eigenvalue weighted by atomic mass is 10.1. The number of carbonyl (C=O) groups is 2. The van der Waals surface area contributed by atoms with E-state index in [0.717, 1.165) is 5.56 Å². The molecule has 4 rings (SSSR count). The quantitative estimate of drug-likeness (QED) is 0.277. The van der Waals surface area contributed by atoms with Crippen LogP contribution in [0.25, 0.3) is 0 Å². The smallest absolute Gasteiger partial charge is 0.341 e. The van der Waals surface area contributed by atoms with Crippen molar-refractivity contribution in [1.82, 2.24) is 4.31 Å². The van der Waals surface area contributed by atoms with Gasteiger partial charge in [-0.25, -0.2) is 18.0 Å². The summed E-state index contributed by atoms with van der Waals surface area (Å²) in [5.74, 6) is -3.22. The first-order valence-electron chi connectivity index (χ1n) is 11.0. The molecule has 7 nitrogen and oxygen atoms in total. The van der Waals surface area contributed by atoms with Gasteiger partial charge in [0.15, 0.2) is 0 Å². The molecule has 0 saturated carbocycles. The van der Waals surface area contributed by atoms with Crippen molar-refractivity contribution < 1.29 is 27.5 Å². The second-order valence-electron chi connectivity index (χ2n) is 8.30. The predicted octanol–water partition coefficient (Wildman–Crippen LogP) is 4.36. The number of sulfonamides is 1. The lowest BCUT2D eigenvalue weighted by Crippen LogP contribution is -2.41. The average Bonchev–Trinajstić information content (AvgIpc) is 3.38. The Bertz CT molecular complexity index is 1300. The van der Waals surface area contributed by atoms with Crippen LogP contribution in [-0.4, -0.2) is 43.5 Å². The molecule has 1 aliphatic rings. The van der Waals surface area contributed by atoms with Gasteiger partial charge in [0, 0.05) is 25.6 Å². The van der Waals surface area contributed by atoms with E-state index in [4.69, 9.17) is 9.47 Å². The number of hydrogen-bond acceptors (Lipinski definition) is 6. The summed E-state index contributed by atoms with van der Waals surface area (Å²) in [5, 5.41) is 0. The highest BCUT2D eigenvalue weighted by Crippen LogP contribution is 2.32. The zero-order valence-corrected chi connectivity index (χ0v) is 20.2. The van der Waals surface area contributed by atoms with E-state index in [1.807, 2.05) is 6.92 Å². The molecule has 0 unspecified atom stereocenters. The lowest BCUT2D eigenvalue weighted by Gasteiger charge is -2.31. The first-order chi connectivity index (χ1) is 16.7. The fraction of sp³-hybridized carbons (Fsp3) is 0.185. The Labute approximate surface area is 204 Å². The van der Waals surface area contributed by atoms with Crippen molar-refractivity contribution in [2.45, 2.75) is 24.5 Å². The number of esters is 2. The van der Waals surface area contributed by atoms with Crippen LogP contribution in [0.5, 0.6) is 0 Å². The molecule has 3 aromatic carbocycles. The number of carbonyl (C=O) groups excluding carboxylic acids is 2. The minimum Gasteiger partial charge on any atom is -0.415 e. The van der Waals surface area contributed by atoms with Gasteiger partial charge in [-0.2, -0.15) is 4.31 Å². The van der Waals surface area contributed by atoms with Crippen LogP contribution in [0.3, 0.4) is 0 Å². The fourth-order valence-electron chi connectivity index (χ4n) is 3.67. The van der Waals surface area contributed by atoms with Gasteiger partial charge in [-0.3, -0.25) is 0 Å². The van der Waals surface area contributed by atoms with E-state index < -0.39 is 27.7 Å². The van der Waals surface area contributed by atoms with Crippen LogP contribution >= 0.6 is 0 Å². The zero-order valence-electron chi connectivity index (χ0n) is 19.4. The minimum absolute atomic E-state index is 0.0485. The van der Waals surface area contributed by atoms with E-state index >= 15 is 0 Å². The van der Waals surface area contributed by atoms with Crippen molar-refractivity contribution in [3.63, 3.8) is 0 Å². The number of ether oxygens (including phenoxy) is 2. The zero-order chi connectivity index (χ0) is 25.1. The van der Waals surface area contributed by atoms with Crippen molar-refractivity contribution >= 4 is 22.0 Å². The number of benzene rings is 3. The summed E-state index contributed by atoms with van der Waals surface area (Å²) >= 11 is 0. The molecule has 35 heavy (non-hydrogen) atoms. The summed E-state index contributed by atoms with van der Waals surface area (Å²) in [5.41, 5.74) is 1.84. The molecule has 8 heteroatoms. The van der Waals surface area contributed by atoms with E-state index in [9.17, 15) is 18.0 Å². The van der Waals surface area contributed by atoms with Crippen LogP contribution in [0, 0.1) is 6.92 Å². The summed E-state index contributed by atoms with van der Waals surface area (Å²) in [6.07, 6.45) is 1.61. The van der Waals surface area contributed by atoms with Gasteiger partial charge in [0.05, 0.1) is 16.0 Å². The third-order valence-corrected chi connectivity index (χ3v) is 7.55. The molecule has 0 fully saturated rings. The molecule has 0 N–H and O–H groups in total. The first kappa shape index (κ1) is 24.4. The second kappa shape index (κ2) is 9.85. The van der Waals surface area contributed by atoms with E-state index in [-0.39, 0.29) is 29.1 Å². The maximum atomic E-state index is 13.2. The summed E-state index contributed by atoms with van der Waals surface area (Å²) in [6, 6.07) is 23.2. The maximum Gasteiger partial charge on any atom is 0.341 e. The molecule has 0 saturated heterocycles. The van der Waals surface area contributed by atoms with Crippen molar-refractivity contribution in [3.8, 4) is 0 Å². The molecule has 0 amide bonds. The van der Waals surface area contributed by atoms with Gasteiger partial charge in [-0.15, -0.1) is 0 Å². The van der Waals surface area contributed by atoms with Crippen LogP contribution < -0.4 is 0 Å². The minimum atomic E-state index is -3.81. The van der Waals surface area contributed by atoms with Gasteiger partial charge in [0.2, 0.25) is 10.0 Å². The molecule has 0 atom stereocenters. The van der Waals surface area contributed by atoms with Gasteiger partial charge in [0.1, 0.15) is 0 Å². The molecule has 0 spiro atoms. The lowest BCUT2D eigenvalue weighted by molar-refractivity contribution is -0.131. The Balaban J connectivity index is 1.61. The average molecular weight is 492 g/mol. The van der Waals surface area contributed by atoms with Crippen molar-refractivity contribution in [3.05, 3.63) is 113 Å². The van der Waals surface area contributed by atoms with Gasteiger partial charge in [0.25, 0.3) is 5.79 Å². The molecule has 0 bridgehead atoms. The van der Waals surface area contributed by atoms with Crippen LogP contribution in [0.4, 0.5) is 0 Å². The molecule has 0 radical (unpaired) electrons. The van der Waals surface area contributed by atoms with E-state index in [1.165, 1.54) is 11.2 Å². The summed E-state index contributed by atoms with van der Waals surface area (Å²) < 4.78 is 39.0. The van der Waals surface area contributed by atoms with E-state index in [0.29, 0.717) is 5.57 Å². The maximum absolute atomic E-state index is 13.2. The van der Waals surface area contributed by atoms with Crippen LogP contribution in [0.2, 0.25) is 0 Å². The predicted molar refractivity (Wildman–Crippen MR) is 130 cm³/mol. The molecule has 3 aromatic rings. The molecular weight excluding hydrogens is 466 g/mol. The highest BCUT2D eigenvalue weighted by Gasteiger charge is 2.43. The molecule has 0 aromatic heterocycles. The Morgan fingerprint density at radius 3 is 1.77 bits per heavy atom. The number of aryl methyl sites for hydroxylation is 1.